The quantitative estimate of drug-likeness (QED) is 0.925. The van der Waals surface area contributed by atoms with Crippen LogP contribution in [0.15, 0.2) is 22.9 Å². The van der Waals surface area contributed by atoms with Crippen LogP contribution in [-0.4, -0.2) is 34.1 Å². The Bertz CT molecular complexity index is 447. The Hall–Kier alpha value is -0.450. The molecular weight excluding hydrogens is 302 g/mol. The summed E-state index contributed by atoms with van der Waals surface area (Å²) in [5.74, 6) is 0. The Morgan fingerprint density at radius 1 is 1.37 bits per heavy atom. The van der Waals surface area contributed by atoms with E-state index in [0.29, 0.717) is 0 Å². The molecule has 0 aliphatic carbocycles. The van der Waals surface area contributed by atoms with Crippen molar-refractivity contribution in [2.24, 2.45) is 0 Å². The lowest BCUT2D eigenvalue weighted by atomic mass is 9.88. The topological polar surface area (TPSA) is 28.2 Å². The summed E-state index contributed by atoms with van der Waals surface area (Å²) >= 11 is 3.50. The molecule has 1 aromatic rings. The van der Waals surface area contributed by atoms with Crippen molar-refractivity contribution in [3.8, 4) is 0 Å². The fourth-order valence-electron chi connectivity index (χ4n) is 2.50. The van der Waals surface area contributed by atoms with Crippen LogP contribution in [-0.2, 0) is 6.54 Å². The summed E-state index contributed by atoms with van der Waals surface area (Å²) in [7, 11) is 0. The van der Waals surface area contributed by atoms with Crippen molar-refractivity contribution in [3.63, 3.8) is 0 Å². The average molecular weight is 326 g/mol. The highest BCUT2D eigenvalue weighted by atomic mass is 79.9. The van der Waals surface area contributed by atoms with E-state index in [-0.39, 0.29) is 11.1 Å². The van der Waals surface area contributed by atoms with Crippen LogP contribution >= 0.6 is 15.9 Å². The van der Waals surface area contributed by atoms with E-state index in [1.54, 1.807) is 0 Å². The highest BCUT2D eigenvalue weighted by Gasteiger charge is 2.38. The van der Waals surface area contributed by atoms with Crippen LogP contribution in [0.4, 0.5) is 0 Å². The predicted octanol–water partition coefficient (Wildman–Crippen LogP) is 3.20. The molecule has 0 amide bonds. The van der Waals surface area contributed by atoms with Crippen LogP contribution in [0, 0.1) is 0 Å². The SMILES string of the molecule is CCC1(C)CN(Cc2cncc(Br)c2)C(C)(C)CN1. The summed E-state index contributed by atoms with van der Waals surface area (Å²) in [5, 5.41) is 3.70. The van der Waals surface area contributed by atoms with Crippen LogP contribution in [0.2, 0.25) is 0 Å². The Balaban J connectivity index is 2.16. The van der Waals surface area contributed by atoms with Gasteiger partial charge in [-0.2, -0.15) is 0 Å². The van der Waals surface area contributed by atoms with Gasteiger partial charge in [-0.15, -0.1) is 0 Å². The van der Waals surface area contributed by atoms with Gasteiger partial charge in [-0.1, -0.05) is 6.92 Å². The minimum Gasteiger partial charge on any atom is -0.308 e. The Labute approximate surface area is 124 Å². The minimum atomic E-state index is 0.178. The average Bonchev–Trinajstić information content (AvgIpc) is 2.35. The first-order valence-corrected chi connectivity index (χ1v) is 7.73. The third kappa shape index (κ3) is 3.56. The monoisotopic (exact) mass is 325 g/mol. The van der Waals surface area contributed by atoms with E-state index >= 15 is 0 Å². The highest BCUT2D eigenvalue weighted by molar-refractivity contribution is 9.10. The van der Waals surface area contributed by atoms with Gasteiger partial charge in [0.15, 0.2) is 0 Å². The largest absolute Gasteiger partial charge is 0.308 e. The van der Waals surface area contributed by atoms with Crippen molar-refractivity contribution >= 4 is 15.9 Å². The van der Waals surface area contributed by atoms with Crippen LogP contribution in [0.5, 0.6) is 0 Å². The van der Waals surface area contributed by atoms with Gasteiger partial charge < -0.3 is 5.32 Å². The molecule has 0 aromatic carbocycles. The minimum absolute atomic E-state index is 0.178. The summed E-state index contributed by atoms with van der Waals surface area (Å²) in [5.41, 5.74) is 1.66. The molecule has 19 heavy (non-hydrogen) atoms. The zero-order chi connectivity index (χ0) is 14.1. The fraction of sp³-hybridized carbons (Fsp3) is 0.667. The second-order valence-corrected chi connectivity index (χ2v) is 7.36. The van der Waals surface area contributed by atoms with Crippen molar-refractivity contribution in [1.82, 2.24) is 15.2 Å². The van der Waals surface area contributed by atoms with E-state index < -0.39 is 0 Å². The first-order chi connectivity index (χ1) is 8.85. The fourth-order valence-corrected chi connectivity index (χ4v) is 2.91. The zero-order valence-electron chi connectivity index (χ0n) is 12.3. The lowest BCUT2D eigenvalue weighted by Gasteiger charge is -2.50. The molecule has 2 heterocycles. The molecule has 1 aliphatic rings. The van der Waals surface area contributed by atoms with Crippen molar-refractivity contribution in [3.05, 3.63) is 28.5 Å². The van der Waals surface area contributed by atoms with Crippen molar-refractivity contribution in [2.45, 2.75) is 51.7 Å². The number of rotatable bonds is 3. The summed E-state index contributed by atoms with van der Waals surface area (Å²) in [4.78, 5) is 6.83. The molecule has 1 aliphatic heterocycles. The maximum Gasteiger partial charge on any atom is 0.0410 e. The van der Waals surface area contributed by atoms with Crippen molar-refractivity contribution in [1.29, 1.82) is 0 Å². The molecule has 4 heteroatoms. The highest BCUT2D eigenvalue weighted by Crippen LogP contribution is 2.27. The van der Waals surface area contributed by atoms with Gasteiger partial charge in [0.05, 0.1) is 0 Å². The zero-order valence-corrected chi connectivity index (χ0v) is 13.9. The smallest absolute Gasteiger partial charge is 0.0410 e. The maximum absolute atomic E-state index is 4.26. The molecule has 1 fully saturated rings. The normalized spacial score (nSPS) is 27.4. The van der Waals surface area contributed by atoms with Crippen LogP contribution in [0.3, 0.4) is 0 Å². The maximum atomic E-state index is 4.26. The second kappa shape index (κ2) is 5.51. The molecule has 106 valence electrons. The predicted molar refractivity (Wildman–Crippen MR) is 83.1 cm³/mol. The van der Waals surface area contributed by atoms with Gasteiger partial charge in [-0.25, -0.2) is 0 Å². The Morgan fingerprint density at radius 2 is 2.11 bits per heavy atom. The van der Waals surface area contributed by atoms with Gasteiger partial charge in [0.25, 0.3) is 0 Å². The number of piperazine rings is 1. The standard InChI is InChI=1S/C15H24BrN3/c1-5-15(4)11-19(14(2,3)10-18-15)9-12-6-13(16)8-17-7-12/h6-8,18H,5,9-11H2,1-4H3. The summed E-state index contributed by atoms with van der Waals surface area (Å²) in [6, 6.07) is 2.16. The molecule has 1 atom stereocenters. The van der Waals surface area contributed by atoms with Gasteiger partial charge >= 0.3 is 0 Å². The van der Waals surface area contributed by atoms with E-state index in [2.05, 4.69) is 64.9 Å². The lowest BCUT2D eigenvalue weighted by Crippen LogP contribution is -2.66. The van der Waals surface area contributed by atoms with E-state index in [9.17, 15) is 0 Å². The lowest BCUT2D eigenvalue weighted by molar-refractivity contribution is 0.0245. The molecule has 1 unspecified atom stereocenters. The molecule has 0 bridgehead atoms. The summed E-state index contributed by atoms with van der Waals surface area (Å²) < 4.78 is 1.05. The number of hydrogen-bond donors (Lipinski definition) is 1. The molecule has 1 aromatic heterocycles. The summed E-state index contributed by atoms with van der Waals surface area (Å²) in [6.07, 6.45) is 4.95. The van der Waals surface area contributed by atoms with Crippen LogP contribution < -0.4 is 5.32 Å². The van der Waals surface area contributed by atoms with Gasteiger partial charge in [0, 0.05) is 47.6 Å². The van der Waals surface area contributed by atoms with Crippen molar-refractivity contribution < 1.29 is 0 Å². The third-order valence-electron chi connectivity index (χ3n) is 4.26. The Morgan fingerprint density at radius 3 is 2.74 bits per heavy atom. The number of halogens is 1. The number of hydrogen-bond acceptors (Lipinski definition) is 3. The Kier molecular flexibility index (Phi) is 4.33. The summed E-state index contributed by atoms with van der Waals surface area (Å²) in [6.45, 7) is 12.2. The van der Waals surface area contributed by atoms with E-state index in [0.717, 1.165) is 30.5 Å². The second-order valence-electron chi connectivity index (χ2n) is 6.45. The van der Waals surface area contributed by atoms with Crippen LogP contribution in [0.25, 0.3) is 0 Å². The molecule has 1 saturated heterocycles. The number of aromatic nitrogens is 1. The molecule has 3 nitrogen and oxygen atoms in total. The van der Waals surface area contributed by atoms with Gasteiger partial charge in [-0.3, -0.25) is 9.88 Å². The molecule has 2 rings (SSSR count). The van der Waals surface area contributed by atoms with Gasteiger partial charge in [0.2, 0.25) is 0 Å². The van der Waals surface area contributed by atoms with Gasteiger partial charge in [0.1, 0.15) is 0 Å². The van der Waals surface area contributed by atoms with Crippen LogP contribution in [0.1, 0.15) is 39.7 Å². The third-order valence-corrected chi connectivity index (χ3v) is 4.69. The molecular formula is C15H24BrN3. The number of nitrogens with one attached hydrogen (secondary N) is 1. The van der Waals surface area contributed by atoms with E-state index in [1.807, 2.05) is 12.4 Å². The van der Waals surface area contributed by atoms with Gasteiger partial charge in [-0.05, 0) is 54.8 Å². The first kappa shape index (κ1) is 14.9. The molecule has 0 spiro atoms. The van der Waals surface area contributed by atoms with E-state index in [4.69, 9.17) is 0 Å². The molecule has 0 saturated carbocycles. The number of nitrogens with zero attached hydrogens (tertiary/aromatic N) is 2. The van der Waals surface area contributed by atoms with E-state index in [1.165, 1.54) is 5.56 Å². The molecule has 1 N–H and O–H groups in total. The first-order valence-electron chi connectivity index (χ1n) is 6.94. The van der Waals surface area contributed by atoms with Crippen molar-refractivity contribution in [2.75, 3.05) is 13.1 Å². The number of pyridine rings is 1. The molecule has 0 radical (unpaired) electrons.